The van der Waals surface area contributed by atoms with Crippen LogP contribution in [0.25, 0.3) is 10.9 Å². The molecular weight excluding hydrogens is 376 g/mol. The molecular formula is C24H22N4O2. The number of ether oxygens (including phenoxy) is 1. The highest BCUT2D eigenvalue weighted by Crippen LogP contribution is 2.24. The van der Waals surface area contributed by atoms with Crippen molar-refractivity contribution in [3.63, 3.8) is 0 Å². The van der Waals surface area contributed by atoms with Crippen LogP contribution in [-0.4, -0.2) is 23.0 Å². The molecule has 2 N–H and O–H groups in total. The number of aryl methyl sites for hydroxylation is 1. The molecule has 1 aromatic heterocycles. The zero-order chi connectivity index (χ0) is 20.9. The van der Waals surface area contributed by atoms with Crippen LogP contribution < -0.4 is 10.6 Å². The van der Waals surface area contributed by atoms with Gasteiger partial charge in [-0.2, -0.15) is 4.98 Å². The van der Waals surface area contributed by atoms with E-state index in [9.17, 15) is 4.79 Å². The number of nitrogens with zero attached hydrogens (tertiary/aromatic N) is 2. The summed E-state index contributed by atoms with van der Waals surface area (Å²) in [6.45, 7) is 2.72. The van der Waals surface area contributed by atoms with Crippen molar-refractivity contribution in [1.29, 1.82) is 0 Å². The number of anilines is 3. The molecule has 0 aliphatic rings. The molecule has 30 heavy (non-hydrogen) atoms. The number of hydrogen-bond donors (Lipinski definition) is 2. The number of para-hydroxylation sites is 1. The number of nitrogens with one attached hydrogen (secondary N) is 2. The molecule has 0 saturated heterocycles. The Morgan fingerprint density at radius 2 is 1.77 bits per heavy atom. The van der Waals surface area contributed by atoms with Crippen LogP contribution in [0.3, 0.4) is 0 Å². The first-order valence-corrected chi connectivity index (χ1v) is 9.64. The number of aromatic nitrogens is 2. The molecule has 0 saturated carbocycles. The summed E-state index contributed by atoms with van der Waals surface area (Å²) in [5, 5.41) is 7.56. The lowest BCUT2D eigenvalue weighted by molar-refractivity contribution is 0.0601. The molecule has 150 valence electrons. The monoisotopic (exact) mass is 398 g/mol. The number of carbonyl (C=O) groups excluding carboxylic acids is 1. The third-order valence-electron chi connectivity index (χ3n) is 4.72. The van der Waals surface area contributed by atoms with E-state index < -0.39 is 5.97 Å². The average Bonchev–Trinajstić information content (AvgIpc) is 2.78. The van der Waals surface area contributed by atoms with Gasteiger partial charge in [0, 0.05) is 17.6 Å². The Morgan fingerprint density at radius 1 is 0.967 bits per heavy atom. The predicted octanol–water partition coefficient (Wildman–Crippen LogP) is 5.08. The minimum atomic E-state index is -0.390. The second-order valence-corrected chi connectivity index (χ2v) is 6.95. The Kier molecular flexibility index (Phi) is 5.57. The summed E-state index contributed by atoms with van der Waals surface area (Å²) >= 11 is 0. The van der Waals surface area contributed by atoms with Crippen molar-refractivity contribution >= 4 is 34.3 Å². The van der Waals surface area contributed by atoms with Crippen LogP contribution in [0.5, 0.6) is 0 Å². The maximum Gasteiger partial charge on any atom is 0.337 e. The molecule has 0 spiro atoms. The summed E-state index contributed by atoms with van der Waals surface area (Å²) in [7, 11) is 1.36. The van der Waals surface area contributed by atoms with Crippen molar-refractivity contribution < 1.29 is 9.53 Å². The van der Waals surface area contributed by atoms with Crippen LogP contribution in [0.15, 0.2) is 72.8 Å². The number of methoxy groups -OCH3 is 1. The predicted molar refractivity (Wildman–Crippen MR) is 119 cm³/mol. The lowest BCUT2D eigenvalue weighted by atomic mass is 10.1. The van der Waals surface area contributed by atoms with Gasteiger partial charge in [0.1, 0.15) is 5.82 Å². The van der Waals surface area contributed by atoms with Gasteiger partial charge in [-0.3, -0.25) is 0 Å². The maximum absolute atomic E-state index is 11.8. The van der Waals surface area contributed by atoms with Crippen LogP contribution in [0, 0.1) is 6.92 Å². The van der Waals surface area contributed by atoms with E-state index in [0.717, 1.165) is 16.7 Å². The molecule has 0 aliphatic carbocycles. The molecule has 6 nitrogen and oxygen atoms in total. The first-order valence-electron chi connectivity index (χ1n) is 9.64. The quantitative estimate of drug-likeness (QED) is 0.441. The highest BCUT2D eigenvalue weighted by atomic mass is 16.5. The fourth-order valence-corrected chi connectivity index (χ4v) is 3.13. The van der Waals surface area contributed by atoms with E-state index in [2.05, 4.69) is 51.8 Å². The topological polar surface area (TPSA) is 76.1 Å². The highest BCUT2D eigenvalue weighted by molar-refractivity contribution is 5.91. The number of hydrogen-bond acceptors (Lipinski definition) is 6. The summed E-state index contributed by atoms with van der Waals surface area (Å²) in [4.78, 5) is 21.1. The van der Waals surface area contributed by atoms with Gasteiger partial charge in [-0.25, -0.2) is 9.78 Å². The Morgan fingerprint density at radius 3 is 2.57 bits per heavy atom. The fraction of sp³-hybridized carbons (Fsp3) is 0.125. The molecule has 0 bridgehead atoms. The number of rotatable bonds is 6. The van der Waals surface area contributed by atoms with Gasteiger partial charge in [0.2, 0.25) is 5.95 Å². The van der Waals surface area contributed by atoms with Crippen molar-refractivity contribution in [2.45, 2.75) is 13.5 Å². The van der Waals surface area contributed by atoms with Gasteiger partial charge in [0.05, 0.1) is 18.2 Å². The average molecular weight is 398 g/mol. The molecule has 1 heterocycles. The molecule has 0 aliphatic heterocycles. The van der Waals surface area contributed by atoms with Crippen LogP contribution >= 0.6 is 0 Å². The third kappa shape index (κ3) is 4.38. The number of carbonyl (C=O) groups is 1. The zero-order valence-electron chi connectivity index (χ0n) is 16.8. The van der Waals surface area contributed by atoms with Crippen molar-refractivity contribution in [2.75, 3.05) is 17.7 Å². The minimum Gasteiger partial charge on any atom is -0.465 e. The highest BCUT2D eigenvalue weighted by Gasteiger charge is 2.10. The first kappa shape index (κ1) is 19.4. The van der Waals surface area contributed by atoms with E-state index in [1.54, 1.807) is 18.2 Å². The number of benzene rings is 3. The smallest absolute Gasteiger partial charge is 0.337 e. The van der Waals surface area contributed by atoms with Crippen LogP contribution in [0.2, 0.25) is 0 Å². The molecule has 0 radical (unpaired) electrons. The van der Waals surface area contributed by atoms with Crippen LogP contribution in [0.1, 0.15) is 21.5 Å². The zero-order valence-corrected chi connectivity index (χ0v) is 16.8. The molecule has 0 amide bonds. The lowest BCUT2D eigenvalue weighted by Gasteiger charge is -2.12. The normalized spacial score (nSPS) is 10.6. The van der Waals surface area contributed by atoms with Crippen molar-refractivity contribution in [3.8, 4) is 0 Å². The number of fused-ring (bicyclic) bond motifs is 1. The van der Waals surface area contributed by atoms with E-state index in [4.69, 9.17) is 4.74 Å². The molecule has 4 aromatic rings. The summed E-state index contributed by atoms with van der Waals surface area (Å²) in [5.41, 5.74) is 4.39. The van der Waals surface area contributed by atoms with Gasteiger partial charge in [-0.1, -0.05) is 48.0 Å². The van der Waals surface area contributed by atoms with Crippen molar-refractivity contribution in [2.24, 2.45) is 0 Å². The molecule has 3 aromatic carbocycles. The van der Waals surface area contributed by atoms with Crippen LogP contribution in [0.4, 0.5) is 17.5 Å². The Balaban J connectivity index is 1.63. The SMILES string of the molecule is COC(=O)c1cccc(Nc2nc(NCc3ccc(C)cc3)c3ccccc3n2)c1. The summed E-state index contributed by atoms with van der Waals surface area (Å²) in [5.74, 6) is 0.799. The largest absolute Gasteiger partial charge is 0.465 e. The Hall–Kier alpha value is -3.93. The first-order chi connectivity index (χ1) is 14.6. The summed E-state index contributed by atoms with van der Waals surface area (Å²) < 4.78 is 4.79. The number of esters is 1. The molecule has 0 atom stereocenters. The van der Waals surface area contributed by atoms with Gasteiger partial charge >= 0.3 is 5.97 Å². The fourth-order valence-electron chi connectivity index (χ4n) is 3.13. The van der Waals surface area contributed by atoms with Gasteiger partial charge in [-0.05, 0) is 42.8 Å². The van der Waals surface area contributed by atoms with Gasteiger partial charge in [-0.15, -0.1) is 0 Å². The van der Waals surface area contributed by atoms with E-state index >= 15 is 0 Å². The molecule has 6 heteroatoms. The Bertz CT molecular complexity index is 1190. The van der Waals surface area contributed by atoms with Crippen molar-refractivity contribution in [3.05, 3.63) is 89.5 Å². The maximum atomic E-state index is 11.8. The lowest BCUT2D eigenvalue weighted by Crippen LogP contribution is -2.06. The van der Waals surface area contributed by atoms with Crippen LogP contribution in [-0.2, 0) is 11.3 Å². The summed E-state index contributed by atoms with van der Waals surface area (Å²) in [6, 6.07) is 23.3. The van der Waals surface area contributed by atoms with Crippen molar-refractivity contribution in [1.82, 2.24) is 9.97 Å². The molecule has 4 rings (SSSR count). The van der Waals surface area contributed by atoms with Gasteiger partial charge < -0.3 is 15.4 Å². The van der Waals surface area contributed by atoms with Gasteiger partial charge in [0.15, 0.2) is 0 Å². The second-order valence-electron chi connectivity index (χ2n) is 6.95. The third-order valence-corrected chi connectivity index (χ3v) is 4.72. The van der Waals surface area contributed by atoms with E-state index in [-0.39, 0.29) is 0 Å². The minimum absolute atomic E-state index is 0.390. The summed E-state index contributed by atoms with van der Waals surface area (Å²) in [6.07, 6.45) is 0. The second kappa shape index (κ2) is 8.61. The van der Waals surface area contributed by atoms with Gasteiger partial charge in [0.25, 0.3) is 0 Å². The molecule has 0 fully saturated rings. The van der Waals surface area contributed by atoms with E-state index in [1.807, 2.05) is 30.3 Å². The Labute approximate surface area is 175 Å². The standard InChI is InChI=1S/C24H22N4O2/c1-16-10-12-17(13-11-16)15-25-22-20-8-3-4-9-21(20)27-24(28-22)26-19-7-5-6-18(14-19)23(29)30-2/h3-14H,15H2,1-2H3,(H2,25,26,27,28). The van der Waals surface area contributed by atoms with E-state index in [1.165, 1.54) is 18.2 Å². The molecule has 0 unspecified atom stereocenters. The van der Waals surface area contributed by atoms with E-state index in [0.29, 0.717) is 23.7 Å².